The van der Waals surface area contributed by atoms with Gasteiger partial charge in [0, 0.05) is 45.9 Å². The first-order valence-electron chi connectivity index (χ1n) is 11.2. The number of aliphatic imine (C=N–C) groups is 1. The smallest absolute Gasteiger partial charge is 0.191 e. The molecule has 182 valence electrons. The maximum absolute atomic E-state index is 13.4. The second kappa shape index (κ2) is 14.4. The van der Waals surface area contributed by atoms with E-state index in [0.717, 1.165) is 49.5 Å². The van der Waals surface area contributed by atoms with Crippen molar-refractivity contribution in [2.75, 3.05) is 40.5 Å². The predicted molar refractivity (Wildman–Crippen MR) is 142 cm³/mol. The Bertz CT molecular complexity index is 890. The van der Waals surface area contributed by atoms with Crippen molar-refractivity contribution in [1.82, 2.24) is 15.5 Å². The average molecular weight is 570 g/mol. The molecule has 1 aliphatic rings. The third-order valence-electron chi connectivity index (χ3n) is 5.79. The van der Waals surface area contributed by atoms with Crippen molar-refractivity contribution in [3.8, 4) is 5.75 Å². The molecule has 1 heterocycles. The Morgan fingerprint density at radius 1 is 1.12 bits per heavy atom. The zero-order valence-electron chi connectivity index (χ0n) is 19.8. The van der Waals surface area contributed by atoms with Crippen molar-refractivity contribution in [3.05, 3.63) is 65.0 Å². The van der Waals surface area contributed by atoms with Crippen molar-refractivity contribution < 1.29 is 13.9 Å². The van der Waals surface area contributed by atoms with Gasteiger partial charge in [-0.05, 0) is 61.7 Å². The molecule has 3 rings (SSSR count). The molecular formula is C25H36FIN4O2. The summed E-state index contributed by atoms with van der Waals surface area (Å²) in [5.41, 5.74) is 2.76. The quantitative estimate of drug-likeness (QED) is 0.270. The molecule has 1 aliphatic heterocycles. The normalized spacial score (nSPS) is 14.6. The van der Waals surface area contributed by atoms with Crippen LogP contribution in [0, 0.1) is 12.7 Å². The largest absolute Gasteiger partial charge is 0.492 e. The molecule has 0 bridgehead atoms. The number of benzene rings is 2. The van der Waals surface area contributed by atoms with Gasteiger partial charge < -0.3 is 20.1 Å². The molecule has 0 aromatic heterocycles. The van der Waals surface area contributed by atoms with Crippen LogP contribution in [-0.2, 0) is 17.8 Å². The lowest BCUT2D eigenvalue weighted by atomic mass is 10.1. The van der Waals surface area contributed by atoms with E-state index in [1.165, 1.54) is 6.07 Å². The predicted octanol–water partition coefficient (Wildman–Crippen LogP) is 4.11. The van der Waals surface area contributed by atoms with Gasteiger partial charge in [-0.25, -0.2) is 4.39 Å². The summed E-state index contributed by atoms with van der Waals surface area (Å²) in [6, 6.07) is 13.8. The molecule has 2 N–H and O–H groups in total. The molecule has 33 heavy (non-hydrogen) atoms. The van der Waals surface area contributed by atoms with Gasteiger partial charge in [0.25, 0.3) is 0 Å². The fourth-order valence-corrected chi connectivity index (χ4v) is 3.77. The second-order valence-electron chi connectivity index (χ2n) is 8.18. The van der Waals surface area contributed by atoms with E-state index in [2.05, 4.69) is 39.7 Å². The third-order valence-corrected chi connectivity index (χ3v) is 5.79. The molecule has 0 spiro atoms. The molecule has 2 aromatic rings. The van der Waals surface area contributed by atoms with E-state index in [-0.39, 0.29) is 29.8 Å². The lowest BCUT2D eigenvalue weighted by Crippen LogP contribution is -2.38. The molecule has 0 saturated carbocycles. The fourth-order valence-electron chi connectivity index (χ4n) is 3.77. The zero-order valence-corrected chi connectivity index (χ0v) is 22.1. The van der Waals surface area contributed by atoms with Gasteiger partial charge in [-0.15, -0.1) is 24.0 Å². The molecule has 0 radical (unpaired) electrons. The Morgan fingerprint density at radius 2 is 1.82 bits per heavy atom. The van der Waals surface area contributed by atoms with E-state index in [1.54, 1.807) is 20.0 Å². The van der Waals surface area contributed by atoms with Crippen LogP contribution in [0.15, 0.2) is 47.5 Å². The highest BCUT2D eigenvalue weighted by Gasteiger charge is 2.17. The number of hydrogen-bond acceptors (Lipinski definition) is 4. The Morgan fingerprint density at radius 3 is 2.48 bits per heavy atom. The van der Waals surface area contributed by atoms with Crippen LogP contribution in [0.1, 0.15) is 29.5 Å². The van der Waals surface area contributed by atoms with Crippen LogP contribution < -0.4 is 15.4 Å². The number of guanidine groups is 1. The Balaban J connectivity index is 0.00000385. The van der Waals surface area contributed by atoms with Crippen LogP contribution in [0.2, 0.25) is 0 Å². The number of aryl methyl sites for hydroxylation is 1. The van der Waals surface area contributed by atoms with Gasteiger partial charge in [-0.1, -0.05) is 24.3 Å². The molecule has 0 amide bonds. The summed E-state index contributed by atoms with van der Waals surface area (Å²) in [7, 11) is 3.89. The lowest BCUT2D eigenvalue weighted by molar-refractivity contribution is 0.0392. The van der Waals surface area contributed by atoms with Gasteiger partial charge in [0.15, 0.2) is 5.96 Å². The number of nitrogens with one attached hydrogen (secondary N) is 2. The highest BCUT2D eigenvalue weighted by atomic mass is 127. The zero-order chi connectivity index (χ0) is 22.8. The topological polar surface area (TPSA) is 58.1 Å². The van der Waals surface area contributed by atoms with Crippen LogP contribution in [-0.4, -0.2) is 57.4 Å². The number of hydrogen-bond donors (Lipinski definition) is 2. The van der Waals surface area contributed by atoms with Crippen LogP contribution in [0.25, 0.3) is 0 Å². The minimum absolute atomic E-state index is 0. The first-order chi connectivity index (χ1) is 15.5. The van der Waals surface area contributed by atoms with E-state index in [0.29, 0.717) is 37.3 Å². The summed E-state index contributed by atoms with van der Waals surface area (Å²) in [5, 5.41) is 6.58. The van der Waals surface area contributed by atoms with E-state index in [1.807, 2.05) is 18.2 Å². The van der Waals surface area contributed by atoms with Crippen molar-refractivity contribution in [2.45, 2.75) is 38.9 Å². The Kier molecular flexibility index (Phi) is 11.9. The van der Waals surface area contributed by atoms with E-state index in [4.69, 9.17) is 9.47 Å². The van der Waals surface area contributed by atoms with E-state index in [9.17, 15) is 4.39 Å². The van der Waals surface area contributed by atoms with Gasteiger partial charge in [0.1, 0.15) is 18.2 Å². The highest BCUT2D eigenvalue weighted by molar-refractivity contribution is 14.0. The SMILES string of the molecule is CN=C(NCc1cccc(OCCN(C)C2CCOCC2)c1)NCc1ccc(F)c(C)c1.I. The Labute approximate surface area is 214 Å². The molecule has 2 aromatic carbocycles. The maximum Gasteiger partial charge on any atom is 0.191 e. The van der Waals surface area contributed by atoms with Crippen LogP contribution in [0.4, 0.5) is 4.39 Å². The summed E-state index contributed by atoms with van der Waals surface area (Å²) >= 11 is 0. The molecule has 1 saturated heterocycles. The molecule has 0 aliphatic carbocycles. The lowest BCUT2D eigenvalue weighted by Gasteiger charge is -2.31. The highest BCUT2D eigenvalue weighted by Crippen LogP contribution is 2.15. The van der Waals surface area contributed by atoms with Gasteiger partial charge in [-0.2, -0.15) is 0 Å². The number of halogens is 2. The third kappa shape index (κ3) is 9.10. The standard InChI is InChI=1S/C25H35FN4O2.HI/c1-19-15-21(7-8-24(19)26)18-29-25(27-2)28-17-20-5-4-6-23(16-20)32-14-11-30(3)22-9-12-31-13-10-22;/h4-8,15-16,22H,9-14,17-18H2,1-3H3,(H2,27,28,29);1H. The summed E-state index contributed by atoms with van der Waals surface area (Å²) < 4.78 is 24.9. The number of ether oxygens (including phenoxy) is 2. The summed E-state index contributed by atoms with van der Waals surface area (Å²) in [6.45, 7) is 6.23. The molecular weight excluding hydrogens is 534 g/mol. The van der Waals surface area contributed by atoms with Crippen LogP contribution in [0.3, 0.4) is 0 Å². The molecule has 6 nitrogen and oxygen atoms in total. The van der Waals surface area contributed by atoms with E-state index < -0.39 is 0 Å². The summed E-state index contributed by atoms with van der Waals surface area (Å²) in [5.74, 6) is 1.37. The minimum Gasteiger partial charge on any atom is -0.492 e. The van der Waals surface area contributed by atoms with Gasteiger partial charge in [0.2, 0.25) is 0 Å². The number of nitrogens with zero attached hydrogens (tertiary/aromatic N) is 2. The number of likely N-dealkylation sites (N-methyl/N-ethyl adjacent to an activating group) is 1. The summed E-state index contributed by atoms with van der Waals surface area (Å²) in [6.07, 6.45) is 2.18. The van der Waals surface area contributed by atoms with E-state index >= 15 is 0 Å². The van der Waals surface area contributed by atoms with Crippen molar-refractivity contribution in [3.63, 3.8) is 0 Å². The van der Waals surface area contributed by atoms with Crippen molar-refractivity contribution in [2.24, 2.45) is 4.99 Å². The van der Waals surface area contributed by atoms with Crippen molar-refractivity contribution >= 4 is 29.9 Å². The van der Waals surface area contributed by atoms with Crippen molar-refractivity contribution in [1.29, 1.82) is 0 Å². The van der Waals surface area contributed by atoms with Gasteiger partial charge in [0.05, 0.1) is 0 Å². The summed E-state index contributed by atoms with van der Waals surface area (Å²) in [4.78, 5) is 6.64. The molecule has 1 fully saturated rings. The van der Waals surface area contributed by atoms with Gasteiger partial charge in [-0.3, -0.25) is 9.89 Å². The average Bonchev–Trinajstić information content (AvgIpc) is 2.82. The molecule has 0 unspecified atom stereocenters. The molecule has 0 atom stereocenters. The van der Waals surface area contributed by atoms with Gasteiger partial charge >= 0.3 is 0 Å². The molecule has 8 heteroatoms. The van der Waals surface area contributed by atoms with Crippen LogP contribution in [0.5, 0.6) is 5.75 Å². The monoisotopic (exact) mass is 570 g/mol. The first-order valence-corrected chi connectivity index (χ1v) is 11.2. The fraction of sp³-hybridized carbons (Fsp3) is 0.480. The second-order valence-corrected chi connectivity index (χ2v) is 8.18. The van der Waals surface area contributed by atoms with Crippen LogP contribution >= 0.6 is 24.0 Å². The maximum atomic E-state index is 13.4. The number of rotatable bonds is 9. The minimum atomic E-state index is -0.186. The first kappa shape index (κ1) is 27.3. The Hall–Kier alpha value is -1.91.